The third-order valence-electron chi connectivity index (χ3n) is 5.84. The maximum atomic E-state index is 13.3. The standard InChI is InChI=1S/C24H24N6O/c1-16-26-9-10-29(16)19-7-5-18(6-8-19)21-12-23(31)24-22(14-27-21)28-15-30(24)20-4-2-3-17(11-20)13-25/h2-11,15,21,27H,12-14,25H2,1H3. The Kier molecular flexibility index (Phi) is 4.97. The van der Waals surface area contributed by atoms with Gasteiger partial charge in [-0.3, -0.25) is 9.36 Å². The molecule has 1 aliphatic rings. The van der Waals surface area contributed by atoms with Crippen LogP contribution >= 0.6 is 0 Å². The Hall–Kier alpha value is -3.55. The van der Waals surface area contributed by atoms with E-state index in [1.807, 2.05) is 46.5 Å². The maximum absolute atomic E-state index is 13.3. The molecule has 2 aromatic heterocycles. The van der Waals surface area contributed by atoms with Gasteiger partial charge in [0.05, 0.1) is 5.69 Å². The van der Waals surface area contributed by atoms with E-state index in [-0.39, 0.29) is 11.8 Å². The van der Waals surface area contributed by atoms with Crippen molar-refractivity contribution in [3.05, 3.63) is 95.6 Å². The van der Waals surface area contributed by atoms with E-state index in [1.54, 1.807) is 12.5 Å². The summed E-state index contributed by atoms with van der Waals surface area (Å²) in [6.45, 7) is 2.97. The van der Waals surface area contributed by atoms with E-state index in [0.717, 1.165) is 34.0 Å². The number of rotatable bonds is 4. The summed E-state index contributed by atoms with van der Waals surface area (Å²) in [5, 5.41) is 3.50. The highest BCUT2D eigenvalue weighted by Gasteiger charge is 2.27. The molecule has 156 valence electrons. The largest absolute Gasteiger partial charge is 0.326 e. The lowest BCUT2D eigenvalue weighted by atomic mass is 10.0. The molecule has 0 radical (unpaired) electrons. The van der Waals surface area contributed by atoms with E-state index in [9.17, 15) is 4.79 Å². The van der Waals surface area contributed by atoms with Crippen molar-refractivity contribution in [1.82, 2.24) is 24.4 Å². The minimum Gasteiger partial charge on any atom is -0.326 e. The zero-order chi connectivity index (χ0) is 21.4. The second-order valence-corrected chi connectivity index (χ2v) is 7.78. The Labute approximate surface area is 180 Å². The number of carbonyl (C=O) groups excluding carboxylic acids is 1. The van der Waals surface area contributed by atoms with Crippen LogP contribution in [0.3, 0.4) is 0 Å². The van der Waals surface area contributed by atoms with Crippen LogP contribution in [-0.4, -0.2) is 24.9 Å². The number of aryl methyl sites for hydroxylation is 1. The molecular formula is C24H24N6O. The van der Waals surface area contributed by atoms with Crippen molar-refractivity contribution in [2.24, 2.45) is 5.73 Å². The van der Waals surface area contributed by atoms with E-state index < -0.39 is 0 Å². The van der Waals surface area contributed by atoms with Gasteiger partial charge in [-0.15, -0.1) is 0 Å². The third kappa shape index (κ3) is 3.58. The van der Waals surface area contributed by atoms with E-state index >= 15 is 0 Å². The molecule has 5 rings (SSSR count). The smallest absolute Gasteiger partial charge is 0.183 e. The van der Waals surface area contributed by atoms with Gasteiger partial charge in [0.1, 0.15) is 17.8 Å². The maximum Gasteiger partial charge on any atom is 0.183 e. The van der Waals surface area contributed by atoms with E-state index in [4.69, 9.17) is 5.73 Å². The van der Waals surface area contributed by atoms with Crippen LogP contribution in [0.1, 0.15) is 45.6 Å². The fourth-order valence-electron chi connectivity index (χ4n) is 4.17. The van der Waals surface area contributed by atoms with E-state index in [1.165, 1.54) is 0 Å². The highest BCUT2D eigenvalue weighted by Crippen LogP contribution is 2.27. The number of aromatic nitrogens is 4. The minimum absolute atomic E-state index is 0.0662. The molecule has 0 saturated carbocycles. The summed E-state index contributed by atoms with van der Waals surface area (Å²) in [6, 6.07) is 16.1. The number of hydrogen-bond donors (Lipinski definition) is 2. The first-order valence-corrected chi connectivity index (χ1v) is 10.4. The van der Waals surface area contributed by atoms with Gasteiger partial charge in [-0.2, -0.15) is 0 Å². The van der Waals surface area contributed by atoms with Crippen molar-refractivity contribution in [1.29, 1.82) is 0 Å². The summed E-state index contributed by atoms with van der Waals surface area (Å²) in [6.07, 6.45) is 5.83. The number of ketones is 1. The van der Waals surface area contributed by atoms with Crippen LogP contribution in [0.4, 0.5) is 0 Å². The molecule has 1 atom stereocenters. The molecule has 0 bridgehead atoms. The number of Topliss-reactive ketones (excluding diaryl/α,β-unsaturated/α-hetero) is 1. The Balaban J connectivity index is 1.41. The Bertz CT molecular complexity index is 1240. The molecule has 2 aromatic carbocycles. The molecule has 4 aromatic rings. The van der Waals surface area contributed by atoms with Crippen LogP contribution in [0.15, 0.2) is 67.3 Å². The lowest BCUT2D eigenvalue weighted by Crippen LogP contribution is -2.20. The van der Waals surface area contributed by atoms with Gasteiger partial charge < -0.3 is 15.6 Å². The Morgan fingerprint density at radius 3 is 2.68 bits per heavy atom. The molecule has 0 fully saturated rings. The molecule has 0 saturated heterocycles. The molecule has 3 heterocycles. The van der Waals surface area contributed by atoms with Crippen LogP contribution in [0.5, 0.6) is 0 Å². The lowest BCUT2D eigenvalue weighted by molar-refractivity contribution is 0.0966. The van der Waals surface area contributed by atoms with E-state index in [2.05, 4.69) is 39.6 Å². The molecule has 0 aliphatic carbocycles. The molecule has 1 unspecified atom stereocenters. The van der Waals surface area contributed by atoms with Crippen molar-refractivity contribution in [2.45, 2.75) is 32.5 Å². The molecular weight excluding hydrogens is 388 g/mol. The quantitative estimate of drug-likeness (QED) is 0.537. The van der Waals surface area contributed by atoms with Crippen LogP contribution < -0.4 is 11.1 Å². The van der Waals surface area contributed by atoms with Crippen LogP contribution in [0.2, 0.25) is 0 Å². The molecule has 3 N–H and O–H groups in total. The summed E-state index contributed by atoms with van der Waals surface area (Å²) < 4.78 is 3.92. The van der Waals surface area contributed by atoms with Crippen molar-refractivity contribution in [2.75, 3.05) is 0 Å². The van der Waals surface area contributed by atoms with Crippen molar-refractivity contribution < 1.29 is 4.79 Å². The summed E-state index contributed by atoms with van der Waals surface area (Å²) in [4.78, 5) is 22.1. The SMILES string of the molecule is Cc1nccn1-c1ccc(C2CC(=O)c3c(ncn3-c3cccc(CN)c3)CN2)cc1. The number of hydrogen-bond acceptors (Lipinski definition) is 5. The van der Waals surface area contributed by atoms with Crippen LogP contribution in [0, 0.1) is 6.92 Å². The van der Waals surface area contributed by atoms with Crippen LogP contribution in [-0.2, 0) is 13.1 Å². The first-order chi connectivity index (χ1) is 15.1. The minimum atomic E-state index is -0.0662. The fourth-order valence-corrected chi connectivity index (χ4v) is 4.17. The van der Waals surface area contributed by atoms with Gasteiger partial charge in [0, 0.05) is 49.3 Å². The van der Waals surface area contributed by atoms with Gasteiger partial charge in [-0.05, 0) is 42.3 Å². The number of imidazole rings is 2. The van der Waals surface area contributed by atoms with E-state index in [0.29, 0.717) is 25.2 Å². The molecule has 7 heteroatoms. The highest BCUT2D eigenvalue weighted by atomic mass is 16.1. The first kappa shape index (κ1) is 19.4. The number of fused-ring (bicyclic) bond motifs is 1. The highest BCUT2D eigenvalue weighted by molar-refractivity contribution is 5.97. The number of nitrogens with two attached hydrogens (primary N) is 1. The van der Waals surface area contributed by atoms with Gasteiger partial charge in [-0.25, -0.2) is 9.97 Å². The summed E-state index contributed by atoms with van der Waals surface area (Å²) in [5.74, 6) is 1.02. The van der Waals surface area contributed by atoms with Gasteiger partial charge in [-0.1, -0.05) is 24.3 Å². The average Bonchev–Trinajstić information content (AvgIpc) is 3.39. The summed E-state index contributed by atoms with van der Waals surface area (Å²) in [7, 11) is 0. The lowest BCUT2D eigenvalue weighted by Gasteiger charge is -2.16. The predicted molar refractivity (Wildman–Crippen MR) is 118 cm³/mol. The number of nitrogens with one attached hydrogen (secondary N) is 1. The third-order valence-corrected chi connectivity index (χ3v) is 5.84. The summed E-state index contributed by atoms with van der Waals surface area (Å²) >= 11 is 0. The first-order valence-electron chi connectivity index (χ1n) is 10.4. The zero-order valence-corrected chi connectivity index (χ0v) is 17.3. The van der Waals surface area contributed by atoms with Gasteiger partial charge >= 0.3 is 0 Å². The van der Waals surface area contributed by atoms with Crippen molar-refractivity contribution in [3.8, 4) is 11.4 Å². The average molecular weight is 412 g/mol. The molecule has 0 amide bonds. The Morgan fingerprint density at radius 2 is 1.94 bits per heavy atom. The second-order valence-electron chi connectivity index (χ2n) is 7.78. The normalized spacial score (nSPS) is 16.2. The van der Waals surface area contributed by atoms with Gasteiger partial charge in [0.2, 0.25) is 0 Å². The number of nitrogens with zero attached hydrogens (tertiary/aromatic N) is 4. The van der Waals surface area contributed by atoms with Crippen molar-refractivity contribution in [3.63, 3.8) is 0 Å². The molecule has 7 nitrogen and oxygen atoms in total. The number of benzene rings is 2. The number of carbonyl (C=O) groups is 1. The molecule has 1 aliphatic heterocycles. The van der Waals surface area contributed by atoms with Crippen LogP contribution in [0.25, 0.3) is 11.4 Å². The van der Waals surface area contributed by atoms with Gasteiger partial charge in [0.15, 0.2) is 5.78 Å². The van der Waals surface area contributed by atoms with Gasteiger partial charge in [0.25, 0.3) is 0 Å². The topological polar surface area (TPSA) is 90.8 Å². The molecule has 0 spiro atoms. The fraction of sp³-hybridized carbons (Fsp3) is 0.208. The summed E-state index contributed by atoms with van der Waals surface area (Å²) in [5.41, 5.74) is 11.3. The Morgan fingerprint density at radius 1 is 1.10 bits per heavy atom. The molecule has 31 heavy (non-hydrogen) atoms. The zero-order valence-electron chi connectivity index (χ0n) is 17.3. The van der Waals surface area contributed by atoms with Crippen molar-refractivity contribution >= 4 is 5.78 Å². The second kappa shape index (κ2) is 7.94. The monoisotopic (exact) mass is 412 g/mol. The predicted octanol–water partition coefficient (Wildman–Crippen LogP) is 3.24.